The molecule has 34 heavy (non-hydrogen) atoms. The largest absolute Gasteiger partial charge is 0.419 e. The van der Waals surface area contributed by atoms with Gasteiger partial charge >= 0.3 is 12.2 Å². The van der Waals surface area contributed by atoms with Crippen molar-refractivity contribution in [1.82, 2.24) is 14.9 Å². The summed E-state index contributed by atoms with van der Waals surface area (Å²) < 4.78 is 55.0. The van der Waals surface area contributed by atoms with Crippen molar-refractivity contribution in [2.75, 3.05) is 36.5 Å². The van der Waals surface area contributed by atoms with Gasteiger partial charge in [0.15, 0.2) is 5.13 Å². The Kier molecular flexibility index (Phi) is 6.60. The van der Waals surface area contributed by atoms with Crippen molar-refractivity contribution in [2.45, 2.75) is 25.2 Å². The highest BCUT2D eigenvalue weighted by atomic mass is 32.1. The molecule has 2 atom stereocenters. The van der Waals surface area contributed by atoms with Crippen LogP contribution in [0.5, 0.6) is 0 Å². The topological polar surface area (TPSA) is 102 Å². The molecule has 0 bridgehead atoms. The molecule has 2 aromatic heterocycles. The molecule has 0 saturated carbocycles. The van der Waals surface area contributed by atoms with Crippen LogP contribution in [0.15, 0.2) is 30.5 Å². The molecule has 1 aliphatic heterocycles. The van der Waals surface area contributed by atoms with Gasteiger partial charge < -0.3 is 20.0 Å². The van der Waals surface area contributed by atoms with Crippen molar-refractivity contribution < 1.29 is 32.6 Å². The Hall–Kier alpha value is -3.03. The van der Waals surface area contributed by atoms with E-state index < -0.39 is 42.3 Å². The molecule has 182 valence electrons. The molecule has 3 N–H and O–H groups in total. The number of halogens is 4. The van der Waals surface area contributed by atoms with Crippen LogP contribution in [0.4, 0.5) is 33.3 Å². The fourth-order valence-corrected chi connectivity index (χ4v) is 4.67. The number of aliphatic hydroxyl groups is 2. The molecule has 13 heteroatoms. The van der Waals surface area contributed by atoms with Crippen molar-refractivity contribution in [3.05, 3.63) is 47.4 Å². The number of aromatic nitrogens is 2. The van der Waals surface area contributed by atoms with Gasteiger partial charge in [-0.2, -0.15) is 13.2 Å². The summed E-state index contributed by atoms with van der Waals surface area (Å²) >= 11 is 1.12. The third kappa shape index (κ3) is 4.91. The molecule has 0 spiro atoms. The molecule has 1 aliphatic rings. The number of fused-ring (bicyclic) bond motifs is 1. The summed E-state index contributed by atoms with van der Waals surface area (Å²) in [5.74, 6) is -0.717. The van der Waals surface area contributed by atoms with E-state index >= 15 is 0 Å². The zero-order valence-corrected chi connectivity index (χ0v) is 18.7. The first kappa shape index (κ1) is 24.1. The molecular formula is C21H21F4N5O3S. The van der Waals surface area contributed by atoms with E-state index in [9.17, 15) is 27.5 Å². The number of anilines is 2. The Morgan fingerprint density at radius 2 is 2.09 bits per heavy atom. The lowest BCUT2D eigenvalue weighted by molar-refractivity contribution is -0.137. The molecule has 8 nitrogen and oxygen atoms in total. The van der Waals surface area contributed by atoms with E-state index in [1.807, 2.05) is 0 Å². The number of carbonyl (C=O) groups is 1. The minimum absolute atomic E-state index is 0.0937. The van der Waals surface area contributed by atoms with Crippen LogP contribution in [0.25, 0.3) is 10.2 Å². The fourth-order valence-electron chi connectivity index (χ4n) is 3.79. The zero-order valence-electron chi connectivity index (χ0n) is 17.9. The van der Waals surface area contributed by atoms with Crippen LogP contribution < -0.4 is 10.2 Å². The SMILES string of the molecule is C[C@@H]1CN(c2ncc([C@H](O)CO)cc2C(F)(F)F)CCN1C(=O)Nc1nc2ccc(F)cc2s1. The molecule has 0 radical (unpaired) electrons. The molecule has 1 aromatic carbocycles. The second kappa shape index (κ2) is 9.31. The quantitative estimate of drug-likeness (QED) is 0.474. The maximum absolute atomic E-state index is 13.7. The highest BCUT2D eigenvalue weighted by Crippen LogP contribution is 2.37. The summed E-state index contributed by atoms with van der Waals surface area (Å²) in [5.41, 5.74) is -0.621. The normalized spacial score (nSPS) is 17.8. The Morgan fingerprint density at radius 3 is 2.76 bits per heavy atom. The minimum atomic E-state index is -4.72. The molecule has 0 aliphatic carbocycles. The Labute approximate surface area is 195 Å². The van der Waals surface area contributed by atoms with E-state index in [1.54, 1.807) is 6.92 Å². The highest BCUT2D eigenvalue weighted by Gasteiger charge is 2.38. The lowest BCUT2D eigenvalue weighted by atomic mass is 10.1. The molecule has 0 unspecified atom stereocenters. The summed E-state index contributed by atoms with van der Waals surface area (Å²) in [7, 11) is 0. The lowest BCUT2D eigenvalue weighted by Gasteiger charge is -2.40. The smallest absolute Gasteiger partial charge is 0.393 e. The minimum Gasteiger partial charge on any atom is -0.393 e. The standard InChI is InChI=1S/C21H21F4N5O3S/c1-11-9-29(18-14(21(23,24)25)6-12(8-26-18)16(32)10-31)4-5-30(11)20(33)28-19-27-15-3-2-13(22)7-17(15)34-19/h2-3,6-8,11,16,31-32H,4-5,9-10H2,1H3,(H,27,28,33)/t11-,16-/m1/s1. The molecule has 1 saturated heterocycles. The second-order valence-electron chi connectivity index (χ2n) is 7.89. The third-order valence-electron chi connectivity index (χ3n) is 5.50. The third-order valence-corrected chi connectivity index (χ3v) is 6.44. The monoisotopic (exact) mass is 499 g/mol. The van der Waals surface area contributed by atoms with E-state index in [2.05, 4.69) is 15.3 Å². The first-order valence-corrected chi connectivity index (χ1v) is 11.1. The van der Waals surface area contributed by atoms with Crippen LogP contribution in [0.3, 0.4) is 0 Å². The molecule has 2 amide bonds. The Morgan fingerprint density at radius 1 is 1.32 bits per heavy atom. The Balaban J connectivity index is 1.49. The molecule has 1 fully saturated rings. The highest BCUT2D eigenvalue weighted by molar-refractivity contribution is 7.22. The predicted octanol–water partition coefficient (Wildman–Crippen LogP) is 3.62. The summed E-state index contributed by atoms with van der Waals surface area (Å²) in [6, 6.07) is 3.97. The van der Waals surface area contributed by atoms with Gasteiger partial charge in [0.25, 0.3) is 0 Å². The van der Waals surface area contributed by atoms with Crippen LogP contribution in [-0.4, -0.2) is 63.4 Å². The molecule has 3 aromatic rings. The number of rotatable bonds is 4. The van der Waals surface area contributed by atoms with E-state index in [0.29, 0.717) is 15.3 Å². The van der Waals surface area contributed by atoms with Crippen molar-refractivity contribution in [3.8, 4) is 0 Å². The van der Waals surface area contributed by atoms with Gasteiger partial charge in [-0.05, 0) is 31.2 Å². The average molecular weight is 499 g/mol. The predicted molar refractivity (Wildman–Crippen MR) is 118 cm³/mol. The van der Waals surface area contributed by atoms with Crippen molar-refractivity contribution >= 4 is 38.5 Å². The van der Waals surface area contributed by atoms with Crippen LogP contribution in [0.1, 0.15) is 24.2 Å². The fraction of sp³-hybridized carbons (Fsp3) is 0.381. The van der Waals surface area contributed by atoms with Gasteiger partial charge in [0, 0.05) is 37.4 Å². The van der Waals surface area contributed by atoms with Crippen LogP contribution in [0.2, 0.25) is 0 Å². The number of urea groups is 1. The van der Waals surface area contributed by atoms with Crippen LogP contribution >= 0.6 is 11.3 Å². The van der Waals surface area contributed by atoms with Gasteiger partial charge in [0.2, 0.25) is 0 Å². The van der Waals surface area contributed by atoms with Gasteiger partial charge in [0.1, 0.15) is 17.7 Å². The maximum atomic E-state index is 13.7. The van der Waals surface area contributed by atoms with Gasteiger partial charge in [-0.1, -0.05) is 11.3 Å². The molecular weight excluding hydrogens is 478 g/mol. The first-order valence-electron chi connectivity index (χ1n) is 10.3. The second-order valence-corrected chi connectivity index (χ2v) is 8.92. The van der Waals surface area contributed by atoms with Gasteiger partial charge in [0.05, 0.1) is 22.4 Å². The number of pyridine rings is 1. The number of carbonyl (C=O) groups excluding carboxylic acids is 1. The number of thiazole rings is 1. The van der Waals surface area contributed by atoms with Crippen LogP contribution in [0, 0.1) is 5.82 Å². The Bertz CT molecular complexity index is 1200. The van der Waals surface area contributed by atoms with Gasteiger partial charge in [-0.3, -0.25) is 5.32 Å². The van der Waals surface area contributed by atoms with Gasteiger partial charge in [-0.15, -0.1) is 0 Å². The number of nitrogens with zero attached hydrogens (tertiary/aromatic N) is 4. The van der Waals surface area contributed by atoms with E-state index in [-0.39, 0.29) is 31.0 Å². The van der Waals surface area contributed by atoms with E-state index in [4.69, 9.17) is 5.11 Å². The number of hydrogen-bond acceptors (Lipinski definition) is 7. The van der Waals surface area contributed by atoms with Gasteiger partial charge in [-0.25, -0.2) is 19.2 Å². The zero-order chi connectivity index (χ0) is 24.6. The number of piperazine rings is 1. The number of alkyl halides is 3. The number of hydrogen-bond donors (Lipinski definition) is 3. The summed E-state index contributed by atoms with van der Waals surface area (Å²) in [5, 5.41) is 21.7. The first-order chi connectivity index (χ1) is 16.1. The number of benzene rings is 1. The molecule has 4 rings (SSSR count). The summed E-state index contributed by atoms with van der Waals surface area (Å²) in [4.78, 5) is 23.9. The maximum Gasteiger partial charge on any atom is 0.419 e. The van der Waals surface area contributed by atoms with Crippen molar-refractivity contribution in [3.63, 3.8) is 0 Å². The molecule has 3 heterocycles. The number of nitrogens with one attached hydrogen (secondary N) is 1. The average Bonchev–Trinajstić information content (AvgIpc) is 3.18. The van der Waals surface area contributed by atoms with E-state index in [0.717, 1.165) is 23.6 Å². The summed E-state index contributed by atoms with van der Waals surface area (Å²) in [6.07, 6.45) is -5.09. The lowest BCUT2D eigenvalue weighted by Crippen LogP contribution is -2.55. The van der Waals surface area contributed by atoms with E-state index in [1.165, 1.54) is 28.0 Å². The van der Waals surface area contributed by atoms with Crippen molar-refractivity contribution in [1.29, 1.82) is 0 Å². The summed E-state index contributed by atoms with van der Waals surface area (Å²) in [6.45, 7) is 1.30. The van der Waals surface area contributed by atoms with Crippen molar-refractivity contribution in [2.24, 2.45) is 0 Å². The van der Waals surface area contributed by atoms with Crippen LogP contribution in [-0.2, 0) is 6.18 Å². The number of amides is 2. The number of aliphatic hydroxyl groups excluding tert-OH is 2.